The maximum atomic E-state index is 13.1. The lowest BCUT2D eigenvalue weighted by atomic mass is 9.96. The number of hydrogen-bond donors (Lipinski definition) is 2. The van der Waals surface area contributed by atoms with Gasteiger partial charge in [0.25, 0.3) is 0 Å². The summed E-state index contributed by atoms with van der Waals surface area (Å²) in [7, 11) is 0. The molecule has 0 aliphatic rings. The van der Waals surface area contributed by atoms with Gasteiger partial charge in [0.2, 0.25) is 0 Å². The normalized spacial score (nSPS) is 13.0. The zero-order valence-corrected chi connectivity index (χ0v) is 11.7. The lowest BCUT2D eigenvalue weighted by Gasteiger charge is -2.19. The van der Waals surface area contributed by atoms with Crippen LogP contribution in [0, 0.1) is 24.6 Å². The average Bonchev–Trinajstić information content (AvgIpc) is 2.33. The third-order valence-corrected chi connectivity index (χ3v) is 3.46. The SMILES string of the molecule is Cc1cc(CCNCC(CN)C(C)C)ccc1F. The minimum absolute atomic E-state index is 0.130. The van der Waals surface area contributed by atoms with Crippen molar-refractivity contribution in [2.45, 2.75) is 27.2 Å². The number of halogens is 1. The molecular weight excluding hydrogens is 227 g/mol. The largest absolute Gasteiger partial charge is 0.330 e. The maximum absolute atomic E-state index is 13.1. The summed E-state index contributed by atoms with van der Waals surface area (Å²) in [5.74, 6) is 1.00. The van der Waals surface area contributed by atoms with E-state index < -0.39 is 0 Å². The van der Waals surface area contributed by atoms with Crippen molar-refractivity contribution in [3.05, 3.63) is 35.1 Å². The van der Waals surface area contributed by atoms with Gasteiger partial charge in [0.15, 0.2) is 0 Å². The number of benzene rings is 1. The van der Waals surface area contributed by atoms with Gasteiger partial charge in [0.05, 0.1) is 0 Å². The van der Waals surface area contributed by atoms with Crippen LogP contribution in [0.3, 0.4) is 0 Å². The van der Waals surface area contributed by atoms with Crippen LogP contribution in [0.5, 0.6) is 0 Å². The molecule has 1 aromatic rings. The fourth-order valence-electron chi connectivity index (χ4n) is 1.97. The molecule has 0 fully saturated rings. The van der Waals surface area contributed by atoms with Gasteiger partial charge in [-0.1, -0.05) is 26.0 Å². The van der Waals surface area contributed by atoms with Crippen LogP contribution in [0.2, 0.25) is 0 Å². The molecule has 0 bridgehead atoms. The second-order valence-corrected chi connectivity index (χ2v) is 5.28. The zero-order valence-electron chi connectivity index (χ0n) is 11.7. The Morgan fingerprint density at radius 2 is 2.06 bits per heavy atom. The highest BCUT2D eigenvalue weighted by atomic mass is 19.1. The summed E-state index contributed by atoms with van der Waals surface area (Å²) in [5, 5.41) is 3.43. The number of aryl methyl sites for hydroxylation is 1. The molecule has 1 unspecified atom stereocenters. The standard InChI is InChI=1S/C15H25FN2/c1-11(2)14(9-17)10-18-7-6-13-4-5-15(16)12(3)8-13/h4-5,8,11,14,18H,6-7,9-10,17H2,1-3H3. The number of rotatable bonds is 7. The quantitative estimate of drug-likeness (QED) is 0.732. The molecule has 0 saturated carbocycles. The van der Waals surface area contributed by atoms with E-state index in [9.17, 15) is 4.39 Å². The lowest BCUT2D eigenvalue weighted by molar-refractivity contribution is 0.372. The Labute approximate surface area is 110 Å². The highest BCUT2D eigenvalue weighted by Gasteiger charge is 2.10. The molecule has 2 nitrogen and oxygen atoms in total. The van der Waals surface area contributed by atoms with Crippen molar-refractivity contribution in [1.29, 1.82) is 0 Å². The first-order chi connectivity index (χ1) is 8.54. The molecule has 102 valence electrons. The molecule has 0 saturated heterocycles. The van der Waals surface area contributed by atoms with Crippen LogP contribution in [-0.4, -0.2) is 19.6 Å². The smallest absolute Gasteiger partial charge is 0.126 e. The molecule has 3 heteroatoms. The van der Waals surface area contributed by atoms with E-state index in [0.29, 0.717) is 11.8 Å². The third kappa shape index (κ3) is 4.75. The Bertz CT molecular complexity index is 364. The van der Waals surface area contributed by atoms with Crippen LogP contribution in [-0.2, 0) is 6.42 Å². The van der Waals surface area contributed by atoms with Crippen molar-refractivity contribution < 1.29 is 4.39 Å². The van der Waals surface area contributed by atoms with Crippen molar-refractivity contribution in [2.24, 2.45) is 17.6 Å². The Morgan fingerprint density at radius 3 is 2.61 bits per heavy atom. The predicted molar refractivity (Wildman–Crippen MR) is 75.1 cm³/mol. The van der Waals surface area contributed by atoms with E-state index in [1.807, 2.05) is 12.1 Å². The molecule has 0 aliphatic heterocycles. The van der Waals surface area contributed by atoms with Crippen LogP contribution >= 0.6 is 0 Å². The molecular formula is C15H25FN2. The first kappa shape index (κ1) is 15.1. The molecule has 0 aromatic heterocycles. The van der Waals surface area contributed by atoms with Crippen molar-refractivity contribution in [3.8, 4) is 0 Å². The van der Waals surface area contributed by atoms with E-state index in [1.54, 1.807) is 13.0 Å². The second kappa shape index (κ2) is 7.49. The van der Waals surface area contributed by atoms with Crippen molar-refractivity contribution in [3.63, 3.8) is 0 Å². The van der Waals surface area contributed by atoms with E-state index in [4.69, 9.17) is 5.73 Å². The minimum Gasteiger partial charge on any atom is -0.330 e. The molecule has 1 atom stereocenters. The van der Waals surface area contributed by atoms with Gasteiger partial charge in [0.1, 0.15) is 5.82 Å². The van der Waals surface area contributed by atoms with Gasteiger partial charge >= 0.3 is 0 Å². The summed E-state index contributed by atoms with van der Waals surface area (Å²) in [6.45, 7) is 8.78. The topological polar surface area (TPSA) is 38.0 Å². The molecule has 3 N–H and O–H groups in total. The highest BCUT2D eigenvalue weighted by molar-refractivity contribution is 5.24. The van der Waals surface area contributed by atoms with E-state index in [2.05, 4.69) is 19.2 Å². The summed E-state index contributed by atoms with van der Waals surface area (Å²) < 4.78 is 13.1. The number of nitrogens with one attached hydrogen (secondary N) is 1. The van der Waals surface area contributed by atoms with Crippen molar-refractivity contribution >= 4 is 0 Å². The number of hydrogen-bond acceptors (Lipinski definition) is 2. The predicted octanol–water partition coefficient (Wildman–Crippen LogP) is 2.50. The first-order valence-corrected chi connectivity index (χ1v) is 6.70. The van der Waals surface area contributed by atoms with Gasteiger partial charge in [-0.3, -0.25) is 0 Å². The van der Waals surface area contributed by atoms with Crippen molar-refractivity contribution in [2.75, 3.05) is 19.6 Å². The molecule has 1 rings (SSSR count). The summed E-state index contributed by atoms with van der Waals surface area (Å²) in [6, 6.07) is 5.31. The van der Waals surface area contributed by atoms with E-state index in [1.165, 1.54) is 5.56 Å². The summed E-state index contributed by atoms with van der Waals surface area (Å²) in [4.78, 5) is 0. The van der Waals surface area contributed by atoms with Gasteiger partial charge < -0.3 is 11.1 Å². The molecule has 0 spiro atoms. The number of nitrogens with two attached hydrogens (primary N) is 1. The minimum atomic E-state index is -0.130. The summed E-state index contributed by atoms with van der Waals surface area (Å²) in [5.41, 5.74) is 7.62. The van der Waals surface area contributed by atoms with Crippen LogP contribution in [0.4, 0.5) is 4.39 Å². The van der Waals surface area contributed by atoms with E-state index in [-0.39, 0.29) is 5.82 Å². The van der Waals surface area contributed by atoms with Gasteiger partial charge in [0, 0.05) is 0 Å². The molecule has 1 aromatic carbocycles. The Hall–Kier alpha value is -0.930. The second-order valence-electron chi connectivity index (χ2n) is 5.28. The monoisotopic (exact) mass is 252 g/mol. The van der Waals surface area contributed by atoms with Crippen LogP contribution < -0.4 is 11.1 Å². The van der Waals surface area contributed by atoms with Gasteiger partial charge in [-0.15, -0.1) is 0 Å². The average molecular weight is 252 g/mol. The molecule has 0 radical (unpaired) electrons. The maximum Gasteiger partial charge on any atom is 0.126 e. The fraction of sp³-hybridized carbons (Fsp3) is 0.600. The van der Waals surface area contributed by atoms with Crippen LogP contribution in [0.1, 0.15) is 25.0 Å². The van der Waals surface area contributed by atoms with Crippen LogP contribution in [0.25, 0.3) is 0 Å². The van der Waals surface area contributed by atoms with Gasteiger partial charge in [-0.2, -0.15) is 0 Å². The Morgan fingerprint density at radius 1 is 1.33 bits per heavy atom. The van der Waals surface area contributed by atoms with Gasteiger partial charge in [-0.25, -0.2) is 4.39 Å². The first-order valence-electron chi connectivity index (χ1n) is 6.70. The molecule has 0 aliphatic carbocycles. The van der Waals surface area contributed by atoms with Crippen LogP contribution in [0.15, 0.2) is 18.2 Å². The molecule has 18 heavy (non-hydrogen) atoms. The van der Waals surface area contributed by atoms with Crippen molar-refractivity contribution in [1.82, 2.24) is 5.32 Å². The molecule has 0 amide bonds. The Kier molecular flexibility index (Phi) is 6.30. The lowest BCUT2D eigenvalue weighted by Crippen LogP contribution is -2.32. The summed E-state index contributed by atoms with van der Waals surface area (Å²) in [6.07, 6.45) is 0.927. The summed E-state index contributed by atoms with van der Waals surface area (Å²) >= 11 is 0. The van der Waals surface area contributed by atoms with E-state index in [0.717, 1.165) is 31.6 Å². The highest BCUT2D eigenvalue weighted by Crippen LogP contribution is 2.10. The molecule has 0 heterocycles. The fourth-order valence-corrected chi connectivity index (χ4v) is 1.97. The third-order valence-electron chi connectivity index (χ3n) is 3.46. The van der Waals surface area contributed by atoms with E-state index >= 15 is 0 Å². The Balaban J connectivity index is 2.31. The zero-order chi connectivity index (χ0) is 13.5. The van der Waals surface area contributed by atoms with Gasteiger partial charge in [-0.05, 0) is 62.0 Å².